The number of piperidine rings is 1. The van der Waals surface area contributed by atoms with E-state index in [0.29, 0.717) is 70.0 Å². The predicted octanol–water partition coefficient (Wildman–Crippen LogP) is 6.03. The van der Waals surface area contributed by atoms with Crippen LogP contribution in [0.5, 0.6) is 0 Å². The van der Waals surface area contributed by atoms with Gasteiger partial charge in [-0.05, 0) is 125 Å². The Bertz CT molecular complexity index is 3120. The van der Waals surface area contributed by atoms with Crippen molar-refractivity contribution in [3.05, 3.63) is 34.3 Å². The van der Waals surface area contributed by atoms with Gasteiger partial charge >= 0.3 is 6.18 Å². The van der Waals surface area contributed by atoms with Crippen LogP contribution in [0, 0.1) is 23.7 Å². The largest absolute Gasteiger partial charge is 0.417 e. The normalized spacial score (nSPS) is 26.8. The van der Waals surface area contributed by atoms with Crippen LogP contribution >= 0.6 is 11.6 Å². The van der Waals surface area contributed by atoms with Gasteiger partial charge in [0.05, 0.1) is 36.6 Å². The predicted molar refractivity (Wildman–Crippen MR) is 369 cm³/mol. The fraction of sp³-hybridized carbons (Fsp3) is 0.750. The summed E-state index contributed by atoms with van der Waals surface area (Å²) in [5.41, 5.74) is -2.33. The minimum Gasteiger partial charge on any atom is -0.343 e. The van der Waals surface area contributed by atoms with Gasteiger partial charge in [0.25, 0.3) is 0 Å². The molecule has 7 rings (SSSR count). The van der Waals surface area contributed by atoms with E-state index in [1.807, 2.05) is 20.8 Å². The summed E-state index contributed by atoms with van der Waals surface area (Å²) in [7, 11) is 10.0. The van der Waals surface area contributed by atoms with Crippen LogP contribution in [-0.4, -0.2) is 251 Å². The summed E-state index contributed by atoms with van der Waals surface area (Å²) in [4.78, 5) is 191. The van der Waals surface area contributed by atoms with E-state index >= 15 is 28.8 Å². The maximum Gasteiger partial charge on any atom is 0.417 e. The van der Waals surface area contributed by atoms with Gasteiger partial charge in [-0.25, -0.2) is 0 Å². The van der Waals surface area contributed by atoms with Crippen LogP contribution in [0.4, 0.5) is 13.2 Å². The Kier molecular flexibility index (Phi) is 28.7. The van der Waals surface area contributed by atoms with Crippen LogP contribution in [0.15, 0.2) is 18.2 Å². The molecule has 0 radical (unpaired) electrons. The van der Waals surface area contributed by atoms with Crippen molar-refractivity contribution >= 4 is 82.5 Å². The van der Waals surface area contributed by atoms with Crippen LogP contribution in [0.1, 0.15) is 187 Å². The van der Waals surface area contributed by atoms with Crippen LogP contribution in [-0.2, 0) is 70.1 Å². The molecule has 24 nitrogen and oxygen atoms in total. The zero-order valence-corrected chi connectivity index (χ0v) is 61.5. The van der Waals surface area contributed by atoms with Crippen molar-refractivity contribution in [3.63, 3.8) is 0 Å². The number of nitrogens with zero attached hydrogens (tertiary/aromatic N) is 9. The average Bonchev–Trinajstić information content (AvgIpc) is 1.49. The van der Waals surface area contributed by atoms with Crippen LogP contribution < -0.4 is 16.0 Å². The smallest absolute Gasteiger partial charge is 0.343 e. The lowest BCUT2D eigenvalue weighted by atomic mass is 9.84. The number of carbonyl (C=O) groups is 12. The Balaban J connectivity index is 1.28. The number of carbonyl (C=O) groups excluding carboxylic acids is 12. The van der Waals surface area contributed by atoms with E-state index in [4.69, 9.17) is 11.6 Å². The summed E-state index contributed by atoms with van der Waals surface area (Å²) in [5, 5.41) is 8.18. The van der Waals surface area contributed by atoms with Crippen molar-refractivity contribution in [2.75, 3.05) is 88.6 Å². The molecule has 3 aliphatic heterocycles. The molecule has 12 amide bonds. The fourth-order valence-electron chi connectivity index (χ4n) is 15.7. The number of aryl methyl sites for hydroxylation is 1. The quantitative estimate of drug-likeness (QED) is 0.229. The van der Waals surface area contributed by atoms with E-state index in [2.05, 4.69) is 16.0 Å². The number of hydrogen-bond acceptors (Lipinski definition) is 12. The second-order valence-corrected chi connectivity index (χ2v) is 30.2. The Labute approximate surface area is 593 Å². The van der Waals surface area contributed by atoms with Gasteiger partial charge in [-0.3, -0.25) is 57.5 Å². The molecule has 3 N–H and O–H groups in total. The van der Waals surface area contributed by atoms with Gasteiger partial charge in [0.15, 0.2) is 0 Å². The summed E-state index contributed by atoms with van der Waals surface area (Å²) in [6.45, 7) is 6.46. The van der Waals surface area contributed by atoms with E-state index in [1.54, 1.807) is 11.8 Å². The first-order valence-corrected chi connectivity index (χ1v) is 36.7. The van der Waals surface area contributed by atoms with E-state index in [-0.39, 0.29) is 63.3 Å². The van der Waals surface area contributed by atoms with Crippen molar-refractivity contribution in [1.29, 1.82) is 0 Å². The molecule has 0 aromatic heterocycles. The number of benzene rings is 1. The van der Waals surface area contributed by atoms with Crippen molar-refractivity contribution < 1.29 is 70.7 Å². The lowest BCUT2D eigenvalue weighted by Crippen LogP contribution is -2.65. The number of alkyl halides is 3. The number of rotatable bonds is 11. The number of likely N-dealkylation sites (N-methyl/N-ethyl adjacent to an activating group) is 7. The first-order chi connectivity index (χ1) is 47.2. The van der Waals surface area contributed by atoms with Crippen molar-refractivity contribution in [3.8, 4) is 0 Å². The third-order valence-electron chi connectivity index (χ3n) is 22.1. The van der Waals surface area contributed by atoms with E-state index in [9.17, 15) is 41.9 Å². The van der Waals surface area contributed by atoms with Crippen molar-refractivity contribution in [2.45, 2.75) is 236 Å². The number of hydrogen-bond donors (Lipinski definition) is 3. The molecule has 8 atom stereocenters. The van der Waals surface area contributed by atoms with Gasteiger partial charge in [0.1, 0.15) is 47.8 Å². The Morgan fingerprint density at radius 1 is 0.620 bits per heavy atom. The van der Waals surface area contributed by atoms with Crippen molar-refractivity contribution in [1.82, 2.24) is 60.0 Å². The Morgan fingerprint density at radius 3 is 1.83 bits per heavy atom. The van der Waals surface area contributed by atoms with E-state index < -0.39 is 173 Å². The van der Waals surface area contributed by atoms with Crippen LogP contribution in [0.2, 0.25) is 5.02 Å². The molecule has 3 aliphatic carbocycles. The minimum atomic E-state index is -4.76. The summed E-state index contributed by atoms with van der Waals surface area (Å²) in [6, 6.07) is -5.50. The topological polar surface area (TPSA) is 270 Å². The molecule has 1 spiro atoms. The minimum absolute atomic E-state index is 0.0202. The molecule has 0 unspecified atom stereocenters. The molecular weight excluding hydrogens is 1320 g/mol. The highest BCUT2D eigenvalue weighted by molar-refractivity contribution is 6.31. The zero-order chi connectivity index (χ0) is 73.7. The van der Waals surface area contributed by atoms with Crippen LogP contribution in [0.3, 0.4) is 0 Å². The standard InChI is InChI=1S/C72H110ClF3N12O12/c1-12-46(4)61-68(98)82(7)43-59(91)80(5)44-60(92)84(9)55(40-47-24-15-13-16-25-47)66(96)81(6)42-57(89)77-52(32-30-48-29-31-50(51(73)39-48)72(74,75)76)65(95)88-37-23-28-53(88)64(94)79-71(33-19-20-34-71)70(100)86(11)62(49-26-17-18-27-49)69(99)85(10)56(67(97)87-35-21-14-22-36-87)41-58(90)83(8)54(38-45(2)3)63(93)78-61/h29,31,39,45-47,49,52-56,61-62H,12-28,30,32-38,40-44H2,1-11H3,(H,77,89)(H,78,93)(H,79,94)/t46-,52-,53-,54-,55-,56-,61-,62-/m0/s1. The molecule has 3 saturated heterocycles. The fourth-order valence-corrected chi connectivity index (χ4v) is 16.0. The molecule has 3 heterocycles. The second-order valence-electron chi connectivity index (χ2n) is 29.8. The van der Waals surface area contributed by atoms with Crippen molar-refractivity contribution in [2.24, 2.45) is 23.7 Å². The third-order valence-corrected chi connectivity index (χ3v) is 22.4. The van der Waals surface area contributed by atoms with Gasteiger partial charge in [-0.2, -0.15) is 13.2 Å². The summed E-state index contributed by atoms with van der Waals surface area (Å²) >= 11 is 6.16. The molecule has 6 fully saturated rings. The third kappa shape index (κ3) is 20.0. The van der Waals surface area contributed by atoms with Gasteiger partial charge in [-0.1, -0.05) is 110 Å². The maximum absolute atomic E-state index is 15.7. The molecule has 3 saturated carbocycles. The first-order valence-electron chi connectivity index (χ1n) is 36.4. The number of halogens is 4. The van der Waals surface area contributed by atoms with E-state index in [1.165, 1.54) is 79.9 Å². The number of likely N-dealkylation sites (tertiary alicyclic amines) is 1. The molecule has 28 heteroatoms. The average molecular weight is 1430 g/mol. The van der Waals surface area contributed by atoms with E-state index in [0.717, 1.165) is 78.2 Å². The highest BCUT2D eigenvalue weighted by Crippen LogP contribution is 2.39. The molecule has 1 aromatic rings. The molecule has 100 heavy (non-hydrogen) atoms. The Hall–Kier alpha value is -7.06. The second kappa shape index (κ2) is 35.7. The number of amides is 12. The summed E-state index contributed by atoms with van der Waals surface area (Å²) in [5.74, 6) is -8.68. The number of nitrogens with one attached hydrogen (secondary N) is 3. The highest BCUT2D eigenvalue weighted by Gasteiger charge is 2.52. The van der Waals surface area contributed by atoms with Crippen LogP contribution in [0.25, 0.3) is 0 Å². The molecule has 1 aromatic carbocycles. The first kappa shape index (κ1) is 80.3. The molecule has 0 bridgehead atoms. The lowest BCUT2D eigenvalue weighted by Gasteiger charge is -2.42. The maximum atomic E-state index is 15.7. The summed E-state index contributed by atoms with van der Waals surface area (Å²) < 4.78 is 41.6. The highest BCUT2D eigenvalue weighted by atomic mass is 35.5. The Morgan fingerprint density at radius 2 is 1.22 bits per heavy atom. The van der Waals surface area contributed by atoms with Gasteiger partial charge in [0, 0.05) is 69.0 Å². The SMILES string of the molecule is CC[C@H](C)[C@@H]1NC(=O)[C@H](CC(C)C)N(C)C(=O)C[C@@H](C(=O)N2CCCCC2)N(C)C(=O)[C@H](C2CCCC2)N(C)C(=O)C2(CCCC2)NC(=O)[C@@H]2CCCN2C(=O)[C@H](CCc2ccc(C(F)(F)F)c(Cl)c2)NC(=O)CN(C)C(=O)[C@H](CC2CCCCC2)N(C)C(=O)CN(C)C(=O)CN(C)C1=O. The molecule has 6 aliphatic rings. The van der Waals surface area contributed by atoms with Gasteiger partial charge in [0.2, 0.25) is 70.9 Å². The zero-order valence-electron chi connectivity index (χ0n) is 60.7. The molecule has 558 valence electrons. The monoisotopic (exact) mass is 1430 g/mol. The number of fused-ring (bicyclic) bond motifs is 1. The van der Waals surface area contributed by atoms with Gasteiger partial charge < -0.3 is 60.0 Å². The summed E-state index contributed by atoms with van der Waals surface area (Å²) in [6.07, 6.45) is 6.24. The molecular formula is C72H110ClF3N12O12. The lowest BCUT2D eigenvalue weighted by molar-refractivity contribution is -0.156. The van der Waals surface area contributed by atoms with Gasteiger partial charge in [-0.15, -0.1) is 0 Å².